The van der Waals surface area contributed by atoms with Crippen molar-refractivity contribution in [2.75, 3.05) is 18.5 Å². The first-order chi connectivity index (χ1) is 8.39. The van der Waals surface area contributed by atoms with E-state index in [0.717, 1.165) is 0 Å². The summed E-state index contributed by atoms with van der Waals surface area (Å²) in [6.07, 6.45) is 0. The first-order valence-electron chi connectivity index (χ1n) is 5.43. The fourth-order valence-electron chi connectivity index (χ4n) is 1.29. The Bertz CT molecular complexity index is 492. The Morgan fingerprint density at radius 2 is 2.22 bits per heavy atom. The molecule has 0 aliphatic rings. The molecule has 0 aliphatic heterocycles. The molecule has 0 heterocycles. The standard InChI is InChI=1S/C12H15N3O3/c1-12(2,8-16)7-14-10-3-4-11(15(17)18)9(5-10)6-13/h3-5,14,16H,7-8H2,1-2H3. The maximum absolute atomic E-state index is 10.7. The summed E-state index contributed by atoms with van der Waals surface area (Å²) in [7, 11) is 0. The van der Waals surface area contributed by atoms with Gasteiger partial charge in [0.2, 0.25) is 0 Å². The number of aliphatic hydroxyl groups excluding tert-OH is 1. The number of nitro benzene ring substituents is 1. The largest absolute Gasteiger partial charge is 0.396 e. The van der Waals surface area contributed by atoms with Gasteiger partial charge in [0.15, 0.2) is 0 Å². The van der Waals surface area contributed by atoms with Crippen molar-refractivity contribution in [3.63, 3.8) is 0 Å². The van der Waals surface area contributed by atoms with Crippen LogP contribution in [-0.4, -0.2) is 23.2 Å². The Kier molecular flexibility index (Phi) is 4.23. The predicted octanol–water partition coefficient (Wildman–Crippen LogP) is 1.90. The van der Waals surface area contributed by atoms with Crippen LogP contribution >= 0.6 is 0 Å². The third-order valence-electron chi connectivity index (χ3n) is 2.51. The molecule has 0 spiro atoms. The van der Waals surface area contributed by atoms with Gasteiger partial charge in [0.05, 0.1) is 4.92 Å². The van der Waals surface area contributed by atoms with Crippen LogP contribution in [-0.2, 0) is 0 Å². The maximum atomic E-state index is 10.7. The van der Waals surface area contributed by atoms with Gasteiger partial charge in [0.25, 0.3) is 5.69 Å². The molecule has 6 nitrogen and oxygen atoms in total. The third kappa shape index (κ3) is 3.43. The highest BCUT2D eigenvalue weighted by atomic mass is 16.6. The number of nitrogens with zero attached hydrogens (tertiary/aromatic N) is 2. The molecule has 6 heteroatoms. The highest BCUT2D eigenvalue weighted by Gasteiger charge is 2.17. The molecule has 18 heavy (non-hydrogen) atoms. The molecule has 1 rings (SSSR count). The zero-order chi connectivity index (χ0) is 13.8. The van der Waals surface area contributed by atoms with Crippen LogP contribution < -0.4 is 5.32 Å². The van der Waals surface area contributed by atoms with Gasteiger partial charge in [0, 0.05) is 30.3 Å². The minimum Gasteiger partial charge on any atom is -0.396 e. The summed E-state index contributed by atoms with van der Waals surface area (Å²) in [5.41, 5.74) is 0.143. The van der Waals surface area contributed by atoms with Crippen LogP contribution in [0.25, 0.3) is 0 Å². The van der Waals surface area contributed by atoms with Gasteiger partial charge in [-0.25, -0.2) is 0 Å². The van der Waals surface area contributed by atoms with Crippen molar-refractivity contribution < 1.29 is 10.0 Å². The van der Waals surface area contributed by atoms with E-state index in [2.05, 4.69) is 5.32 Å². The highest BCUT2D eigenvalue weighted by molar-refractivity contribution is 5.58. The predicted molar refractivity (Wildman–Crippen MR) is 67.2 cm³/mol. The van der Waals surface area contributed by atoms with Gasteiger partial charge < -0.3 is 10.4 Å². The number of hydrogen-bond donors (Lipinski definition) is 2. The lowest BCUT2D eigenvalue weighted by Crippen LogP contribution is -2.26. The van der Waals surface area contributed by atoms with E-state index in [9.17, 15) is 10.1 Å². The van der Waals surface area contributed by atoms with Gasteiger partial charge >= 0.3 is 0 Å². The van der Waals surface area contributed by atoms with E-state index in [0.29, 0.717) is 12.2 Å². The molecule has 96 valence electrons. The van der Waals surface area contributed by atoms with Crippen molar-refractivity contribution in [2.45, 2.75) is 13.8 Å². The Hall–Kier alpha value is -2.13. The van der Waals surface area contributed by atoms with E-state index in [1.807, 2.05) is 13.8 Å². The van der Waals surface area contributed by atoms with Crippen LogP contribution in [0.3, 0.4) is 0 Å². The fourth-order valence-corrected chi connectivity index (χ4v) is 1.29. The molecule has 0 saturated carbocycles. The number of nitrogens with one attached hydrogen (secondary N) is 1. The molecule has 0 fully saturated rings. The van der Waals surface area contributed by atoms with Crippen molar-refractivity contribution in [1.29, 1.82) is 5.26 Å². The third-order valence-corrected chi connectivity index (χ3v) is 2.51. The Morgan fingerprint density at radius 1 is 1.56 bits per heavy atom. The van der Waals surface area contributed by atoms with Crippen molar-refractivity contribution in [2.24, 2.45) is 5.41 Å². The maximum Gasteiger partial charge on any atom is 0.287 e. The fraction of sp³-hybridized carbons (Fsp3) is 0.417. The smallest absolute Gasteiger partial charge is 0.287 e. The highest BCUT2D eigenvalue weighted by Crippen LogP contribution is 2.23. The van der Waals surface area contributed by atoms with Gasteiger partial charge in [-0.1, -0.05) is 13.8 Å². The lowest BCUT2D eigenvalue weighted by atomic mass is 9.95. The second-order valence-electron chi connectivity index (χ2n) is 4.78. The van der Waals surface area contributed by atoms with Crippen molar-refractivity contribution in [3.05, 3.63) is 33.9 Å². The second-order valence-corrected chi connectivity index (χ2v) is 4.78. The van der Waals surface area contributed by atoms with Gasteiger partial charge in [-0.2, -0.15) is 5.26 Å². The van der Waals surface area contributed by atoms with Gasteiger partial charge in [0.1, 0.15) is 11.6 Å². The van der Waals surface area contributed by atoms with Crippen molar-refractivity contribution >= 4 is 11.4 Å². The minimum atomic E-state index is -0.583. The first-order valence-corrected chi connectivity index (χ1v) is 5.43. The van der Waals surface area contributed by atoms with E-state index in [4.69, 9.17) is 10.4 Å². The Morgan fingerprint density at radius 3 is 2.72 bits per heavy atom. The molecular weight excluding hydrogens is 234 g/mol. The number of rotatable bonds is 5. The minimum absolute atomic E-state index is 0.0202. The summed E-state index contributed by atoms with van der Waals surface area (Å²) >= 11 is 0. The number of aliphatic hydroxyl groups is 1. The molecule has 2 N–H and O–H groups in total. The van der Waals surface area contributed by atoms with Gasteiger partial charge in [-0.3, -0.25) is 10.1 Å². The topological polar surface area (TPSA) is 99.2 Å². The quantitative estimate of drug-likeness (QED) is 0.613. The average Bonchev–Trinajstić information content (AvgIpc) is 2.36. The van der Waals surface area contributed by atoms with E-state index in [-0.39, 0.29) is 23.3 Å². The Balaban J connectivity index is 2.88. The molecule has 0 atom stereocenters. The van der Waals surface area contributed by atoms with E-state index in [1.54, 1.807) is 12.1 Å². The van der Waals surface area contributed by atoms with Gasteiger partial charge in [-0.05, 0) is 12.1 Å². The average molecular weight is 249 g/mol. The van der Waals surface area contributed by atoms with Crippen LogP contribution in [0.2, 0.25) is 0 Å². The molecule has 1 aromatic rings. The summed E-state index contributed by atoms with van der Waals surface area (Å²) in [6, 6.07) is 6.08. The number of anilines is 1. The molecule has 0 aliphatic carbocycles. The summed E-state index contributed by atoms with van der Waals surface area (Å²) in [5, 5.41) is 31.7. The van der Waals surface area contributed by atoms with Crippen LogP contribution in [0.4, 0.5) is 11.4 Å². The normalized spacial score (nSPS) is 10.8. The zero-order valence-electron chi connectivity index (χ0n) is 10.3. The lowest BCUT2D eigenvalue weighted by Gasteiger charge is -2.22. The SMILES string of the molecule is CC(C)(CO)CNc1ccc([N+](=O)[O-])c(C#N)c1. The Labute approximate surface area is 105 Å². The summed E-state index contributed by atoms with van der Waals surface area (Å²) in [5.74, 6) is 0. The van der Waals surface area contributed by atoms with E-state index >= 15 is 0 Å². The number of hydrogen-bond acceptors (Lipinski definition) is 5. The van der Waals surface area contributed by atoms with Crippen molar-refractivity contribution in [1.82, 2.24) is 0 Å². The monoisotopic (exact) mass is 249 g/mol. The zero-order valence-corrected chi connectivity index (χ0v) is 10.3. The molecule has 0 unspecified atom stereocenters. The van der Waals surface area contributed by atoms with Crippen LogP contribution in [0.15, 0.2) is 18.2 Å². The second kappa shape index (κ2) is 5.47. The number of nitriles is 1. The molecule has 0 amide bonds. The molecular formula is C12H15N3O3. The lowest BCUT2D eigenvalue weighted by molar-refractivity contribution is -0.385. The van der Waals surface area contributed by atoms with E-state index in [1.165, 1.54) is 12.1 Å². The number of benzene rings is 1. The molecule has 0 radical (unpaired) electrons. The van der Waals surface area contributed by atoms with Crippen LogP contribution in [0.1, 0.15) is 19.4 Å². The van der Waals surface area contributed by atoms with E-state index < -0.39 is 4.92 Å². The summed E-state index contributed by atoms with van der Waals surface area (Å²) in [4.78, 5) is 10.1. The molecule has 1 aromatic carbocycles. The first kappa shape index (κ1) is 13.9. The number of nitro groups is 1. The van der Waals surface area contributed by atoms with Crippen LogP contribution in [0.5, 0.6) is 0 Å². The summed E-state index contributed by atoms with van der Waals surface area (Å²) in [6.45, 7) is 4.30. The van der Waals surface area contributed by atoms with Crippen LogP contribution in [0, 0.1) is 26.9 Å². The van der Waals surface area contributed by atoms with Crippen molar-refractivity contribution in [3.8, 4) is 6.07 Å². The molecule has 0 bridgehead atoms. The molecule has 0 aromatic heterocycles. The summed E-state index contributed by atoms with van der Waals surface area (Å²) < 4.78 is 0. The van der Waals surface area contributed by atoms with Gasteiger partial charge in [-0.15, -0.1) is 0 Å². The molecule has 0 saturated heterocycles.